The molecule has 1 N–H and O–H groups in total. The summed E-state index contributed by atoms with van der Waals surface area (Å²) in [5, 5.41) is 3.16. The number of nitrogens with one attached hydrogen (secondary N) is 1. The van der Waals surface area contributed by atoms with Gasteiger partial charge in [-0.25, -0.2) is 8.42 Å². The molecular weight excluding hydrogens is 372 g/mol. The summed E-state index contributed by atoms with van der Waals surface area (Å²) >= 11 is 0. The van der Waals surface area contributed by atoms with Crippen LogP contribution in [0.2, 0.25) is 0 Å². The molecule has 0 amide bonds. The second-order valence-corrected chi connectivity index (χ2v) is 9.58. The Labute approximate surface area is 167 Å². The van der Waals surface area contributed by atoms with Crippen molar-refractivity contribution >= 4 is 21.5 Å². The molecule has 150 valence electrons. The minimum Gasteiger partial charge on any atom is -0.378 e. The molecule has 0 radical (unpaired) electrons. The Morgan fingerprint density at radius 1 is 1.07 bits per heavy atom. The highest BCUT2D eigenvalue weighted by Gasteiger charge is 2.27. The summed E-state index contributed by atoms with van der Waals surface area (Å²) in [6, 6.07) is 12.4. The first-order valence-corrected chi connectivity index (χ1v) is 11.2. The van der Waals surface area contributed by atoms with Crippen LogP contribution in [-0.4, -0.2) is 38.1 Å². The van der Waals surface area contributed by atoms with E-state index in [1.807, 2.05) is 12.1 Å². The number of nitrogens with zero attached hydrogens (tertiary/aromatic N) is 1. The lowest BCUT2D eigenvalue weighted by Crippen LogP contribution is -2.27. The van der Waals surface area contributed by atoms with Gasteiger partial charge in [0.1, 0.15) is 0 Å². The van der Waals surface area contributed by atoms with Gasteiger partial charge in [-0.05, 0) is 73.2 Å². The van der Waals surface area contributed by atoms with E-state index in [2.05, 4.69) is 32.2 Å². The van der Waals surface area contributed by atoms with Crippen LogP contribution in [-0.2, 0) is 10.0 Å². The quantitative estimate of drug-likeness (QED) is 0.708. The summed E-state index contributed by atoms with van der Waals surface area (Å²) in [7, 11) is -3.45. The van der Waals surface area contributed by atoms with E-state index in [1.54, 1.807) is 12.1 Å². The van der Waals surface area contributed by atoms with Crippen molar-refractivity contribution in [1.82, 2.24) is 4.31 Å². The van der Waals surface area contributed by atoms with Crippen molar-refractivity contribution in [3.63, 3.8) is 0 Å². The zero-order valence-electron chi connectivity index (χ0n) is 16.7. The molecular formula is C22H28N2O3S. The summed E-state index contributed by atoms with van der Waals surface area (Å²) in [6.45, 7) is 7.70. The van der Waals surface area contributed by atoms with Crippen LogP contribution in [0, 0.1) is 6.92 Å². The first kappa shape index (κ1) is 20.6. The van der Waals surface area contributed by atoms with E-state index < -0.39 is 10.0 Å². The Morgan fingerprint density at radius 2 is 1.71 bits per heavy atom. The maximum Gasteiger partial charge on any atom is 0.243 e. The van der Waals surface area contributed by atoms with Crippen molar-refractivity contribution < 1.29 is 13.2 Å². The van der Waals surface area contributed by atoms with Crippen LogP contribution in [0.25, 0.3) is 0 Å². The first-order valence-electron chi connectivity index (χ1n) is 9.77. The summed E-state index contributed by atoms with van der Waals surface area (Å²) in [6.07, 6.45) is 1.80. The lowest BCUT2D eigenvalue weighted by Gasteiger charge is -2.15. The highest BCUT2D eigenvalue weighted by atomic mass is 32.2. The number of Topliss-reactive ketones (excluding diaryl/α,β-unsaturated/α-hetero) is 1. The third kappa shape index (κ3) is 4.45. The van der Waals surface area contributed by atoms with Crippen LogP contribution in [0.1, 0.15) is 54.1 Å². The zero-order chi connectivity index (χ0) is 20.3. The van der Waals surface area contributed by atoms with Crippen molar-refractivity contribution in [3.05, 3.63) is 59.2 Å². The molecule has 3 rings (SSSR count). The van der Waals surface area contributed by atoms with Gasteiger partial charge in [-0.15, -0.1) is 0 Å². The summed E-state index contributed by atoms with van der Waals surface area (Å²) < 4.78 is 26.6. The lowest BCUT2D eigenvalue weighted by molar-refractivity contribution is 0.101. The zero-order valence-corrected chi connectivity index (χ0v) is 17.6. The summed E-state index contributed by atoms with van der Waals surface area (Å²) in [4.78, 5) is 12.7. The molecule has 28 heavy (non-hydrogen) atoms. The fraction of sp³-hybridized carbons (Fsp3) is 0.409. The summed E-state index contributed by atoms with van der Waals surface area (Å²) in [5.74, 6) is 0.391. The molecule has 5 nitrogen and oxygen atoms in total. The van der Waals surface area contributed by atoms with Crippen molar-refractivity contribution in [2.75, 3.05) is 25.0 Å². The number of carbonyl (C=O) groups is 1. The van der Waals surface area contributed by atoms with Gasteiger partial charge in [-0.1, -0.05) is 19.9 Å². The SMILES string of the molecule is Cc1cc(NCC(=O)c2ccc(S(=O)(=O)N3CCCC3)cc2)ccc1C(C)C. The van der Waals surface area contributed by atoms with E-state index >= 15 is 0 Å². The minimum atomic E-state index is -3.45. The second kappa shape index (κ2) is 8.45. The maximum atomic E-state index is 12.6. The molecule has 0 aliphatic carbocycles. The number of hydrogen-bond acceptors (Lipinski definition) is 4. The molecule has 1 fully saturated rings. The van der Waals surface area contributed by atoms with Crippen molar-refractivity contribution in [2.45, 2.75) is 44.4 Å². The Morgan fingerprint density at radius 3 is 2.29 bits per heavy atom. The maximum absolute atomic E-state index is 12.6. The van der Waals surface area contributed by atoms with Gasteiger partial charge >= 0.3 is 0 Å². The molecule has 0 saturated carbocycles. The number of benzene rings is 2. The van der Waals surface area contributed by atoms with E-state index in [1.165, 1.54) is 27.6 Å². The van der Waals surface area contributed by atoms with Gasteiger partial charge in [-0.3, -0.25) is 4.79 Å². The van der Waals surface area contributed by atoms with Gasteiger partial charge in [0, 0.05) is 24.3 Å². The molecule has 1 saturated heterocycles. The highest BCUT2D eigenvalue weighted by Crippen LogP contribution is 2.23. The Bertz CT molecular complexity index is 944. The molecule has 0 unspecified atom stereocenters. The van der Waals surface area contributed by atoms with Gasteiger partial charge in [0.05, 0.1) is 11.4 Å². The molecule has 1 heterocycles. The van der Waals surface area contributed by atoms with Crippen molar-refractivity contribution in [3.8, 4) is 0 Å². The Balaban J connectivity index is 1.64. The molecule has 0 atom stereocenters. The lowest BCUT2D eigenvalue weighted by atomic mass is 9.97. The second-order valence-electron chi connectivity index (χ2n) is 7.64. The Kier molecular flexibility index (Phi) is 6.20. The fourth-order valence-electron chi connectivity index (χ4n) is 3.61. The molecule has 2 aromatic carbocycles. The van der Waals surface area contributed by atoms with Crippen LogP contribution in [0.4, 0.5) is 5.69 Å². The topological polar surface area (TPSA) is 66.5 Å². The van der Waals surface area contributed by atoms with Gasteiger partial charge < -0.3 is 5.32 Å². The number of anilines is 1. The fourth-order valence-corrected chi connectivity index (χ4v) is 5.13. The van der Waals surface area contributed by atoms with Crippen molar-refractivity contribution in [1.29, 1.82) is 0 Å². The third-order valence-electron chi connectivity index (χ3n) is 5.22. The molecule has 0 spiro atoms. The predicted octanol–water partition coefficient (Wildman–Crippen LogP) is 4.20. The van der Waals surface area contributed by atoms with E-state index in [0.717, 1.165) is 18.5 Å². The summed E-state index contributed by atoms with van der Waals surface area (Å²) in [5.41, 5.74) is 3.91. The number of ketones is 1. The number of carbonyl (C=O) groups excluding carboxylic acids is 1. The van der Waals surface area contributed by atoms with Crippen LogP contribution in [0.3, 0.4) is 0 Å². The monoisotopic (exact) mass is 400 g/mol. The molecule has 6 heteroatoms. The van der Waals surface area contributed by atoms with E-state index in [4.69, 9.17) is 0 Å². The van der Waals surface area contributed by atoms with E-state index in [9.17, 15) is 13.2 Å². The van der Waals surface area contributed by atoms with E-state index in [0.29, 0.717) is 24.6 Å². The molecule has 1 aliphatic rings. The van der Waals surface area contributed by atoms with Gasteiger partial charge in [0.2, 0.25) is 10.0 Å². The van der Waals surface area contributed by atoms with Gasteiger partial charge in [0.15, 0.2) is 5.78 Å². The smallest absolute Gasteiger partial charge is 0.243 e. The third-order valence-corrected chi connectivity index (χ3v) is 7.14. The number of aryl methyl sites for hydroxylation is 1. The van der Waals surface area contributed by atoms with Crippen LogP contribution < -0.4 is 5.32 Å². The first-order chi connectivity index (χ1) is 13.3. The normalized spacial score (nSPS) is 15.1. The largest absolute Gasteiger partial charge is 0.378 e. The predicted molar refractivity (Wildman–Crippen MR) is 113 cm³/mol. The molecule has 1 aliphatic heterocycles. The van der Waals surface area contributed by atoms with E-state index in [-0.39, 0.29) is 17.2 Å². The van der Waals surface area contributed by atoms with Crippen LogP contribution in [0.15, 0.2) is 47.4 Å². The van der Waals surface area contributed by atoms with Gasteiger partial charge in [-0.2, -0.15) is 4.31 Å². The van der Waals surface area contributed by atoms with Crippen LogP contribution in [0.5, 0.6) is 0 Å². The molecule has 0 aromatic heterocycles. The van der Waals surface area contributed by atoms with Crippen molar-refractivity contribution in [2.24, 2.45) is 0 Å². The number of sulfonamides is 1. The average molecular weight is 401 g/mol. The number of hydrogen-bond donors (Lipinski definition) is 1. The van der Waals surface area contributed by atoms with Gasteiger partial charge in [0.25, 0.3) is 0 Å². The standard InChI is InChI=1S/C22H28N2O3S/c1-16(2)21-11-8-19(14-17(21)3)23-15-22(25)18-6-9-20(10-7-18)28(26,27)24-12-4-5-13-24/h6-11,14,16,23H,4-5,12-13,15H2,1-3H3. The van der Waals surface area contributed by atoms with Crippen LogP contribution >= 0.6 is 0 Å². The molecule has 0 bridgehead atoms. The average Bonchev–Trinajstić information content (AvgIpc) is 3.21. The Hall–Kier alpha value is -2.18. The highest BCUT2D eigenvalue weighted by molar-refractivity contribution is 7.89. The minimum absolute atomic E-state index is 0.0734. The number of rotatable bonds is 7. The molecule has 2 aromatic rings.